The third-order valence-corrected chi connectivity index (χ3v) is 4.37. The Morgan fingerprint density at radius 2 is 1.91 bits per heavy atom. The molecule has 0 saturated heterocycles. The molecule has 116 valence electrons. The smallest absolute Gasteiger partial charge is 0.179 e. The van der Waals surface area contributed by atoms with Gasteiger partial charge in [-0.3, -0.25) is 0 Å². The largest absolute Gasteiger partial charge is 0.415 e. The third-order valence-electron chi connectivity index (χ3n) is 3.31. The van der Waals surface area contributed by atoms with Gasteiger partial charge in [-0.05, 0) is 52.0 Å². The number of pyridine rings is 1. The molecule has 0 spiro atoms. The quantitative estimate of drug-likeness (QED) is 0.494. The summed E-state index contributed by atoms with van der Waals surface area (Å²) in [5.74, 6) is 1.07. The standard InChI is InChI=1S/C15H16Br2N4O/c1-3-9-10(4-2)14(12(16)15(22-17)13(9)18)21-20-11-7-5-6-8-19-11/h5-8H,3-4,18H2,1-2H3. The van der Waals surface area contributed by atoms with Gasteiger partial charge in [-0.2, -0.15) is 0 Å². The second-order valence-corrected chi connectivity index (χ2v) is 5.65. The van der Waals surface area contributed by atoms with Crippen LogP contribution in [0, 0.1) is 0 Å². The topological polar surface area (TPSA) is 72.9 Å². The summed E-state index contributed by atoms with van der Waals surface area (Å²) in [6.07, 6.45) is 3.26. The Morgan fingerprint density at radius 1 is 1.18 bits per heavy atom. The predicted octanol–water partition coefficient (Wildman–Crippen LogP) is 5.66. The molecule has 1 aromatic carbocycles. The number of nitrogens with two attached hydrogens (primary N) is 1. The Labute approximate surface area is 146 Å². The molecule has 0 fully saturated rings. The second-order valence-electron chi connectivity index (χ2n) is 4.53. The van der Waals surface area contributed by atoms with Crippen LogP contribution in [0.1, 0.15) is 25.0 Å². The molecule has 0 aliphatic carbocycles. The molecule has 0 radical (unpaired) electrons. The Bertz CT molecular complexity index is 690. The summed E-state index contributed by atoms with van der Waals surface area (Å²) >= 11 is 6.52. The first-order valence-electron chi connectivity index (χ1n) is 6.88. The van der Waals surface area contributed by atoms with Crippen LogP contribution in [0.5, 0.6) is 5.75 Å². The summed E-state index contributed by atoms with van der Waals surface area (Å²) < 4.78 is 5.91. The van der Waals surface area contributed by atoms with Gasteiger partial charge in [-0.15, -0.1) is 10.2 Å². The maximum atomic E-state index is 6.19. The normalized spacial score (nSPS) is 11.1. The number of hydrogen-bond acceptors (Lipinski definition) is 5. The first kappa shape index (κ1) is 16.9. The lowest BCUT2D eigenvalue weighted by atomic mass is 9.98. The predicted molar refractivity (Wildman–Crippen MR) is 95.3 cm³/mol. The van der Waals surface area contributed by atoms with Crippen LogP contribution in [0.4, 0.5) is 17.2 Å². The average molecular weight is 428 g/mol. The van der Waals surface area contributed by atoms with Crippen molar-refractivity contribution in [1.29, 1.82) is 0 Å². The molecule has 1 aromatic heterocycles. The zero-order valence-electron chi connectivity index (χ0n) is 12.3. The number of hydrogen-bond donors (Lipinski definition) is 1. The molecular formula is C15H16Br2N4O. The van der Waals surface area contributed by atoms with Crippen molar-refractivity contribution in [1.82, 2.24) is 4.98 Å². The van der Waals surface area contributed by atoms with Gasteiger partial charge in [0.25, 0.3) is 0 Å². The summed E-state index contributed by atoms with van der Waals surface area (Å²) in [7, 11) is 0. The lowest BCUT2D eigenvalue weighted by Crippen LogP contribution is -2.02. The van der Waals surface area contributed by atoms with Crippen LogP contribution in [0.25, 0.3) is 0 Å². The molecule has 0 unspecified atom stereocenters. The molecule has 0 aliphatic rings. The number of anilines is 1. The lowest BCUT2D eigenvalue weighted by molar-refractivity contribution is 0.674. The van der Waals surface area contributed by atoms with Crippen molar-refractivity contribution in [3.63, 3.8) is 0 Å². The van der Waals surface area contributed by atoms with E-state index in [9.17, 15) is 0 Å². The zero-order chi connectivity index (χ0) is 16.1. The van der Waals surface area contributed by atoms with Gasteiger partial charge >= 0.3 is 0 Å². The monoisotopic (exact) mass is 426 g/mol. The number of halogens is 2. The van der Waals surface area contributed by atoms with Crippen LogP contribution in [0.3, 0.4) is 0 Å². The molecule has 2 rings (SSSR count). The molecule has 22 heavy (non-hydrogen) atoms. The van der Waals surface area contributed by atoms with Crippen molar-refractivity contribution >= 4 is 49.4 Å². The molecule has 0 atom stereocenters. The van der Waals surface area contributed by atoms with E-state index in [1.54, 1.807) is 12.3 Å². The van der Waals surface area contributed by atoms with Crippen LogP contribution < -0.4 is 9.56 Å². The second kappa shape index (κ2) is 7.69. The van der Waals surface area contributed by atoms with E-state index >= 15 is 0 Å². The van der Waals surface area contributed by atoms with Gasteiger partial charge in [0.05, 0.1) is 10.2 Å². The van der Waals surface area contributed by atoms with Gasteiger partial charge in [-0.25, -0.2) is 4.98 Å². The molecule has 0 aliphatic heterocycles. The summed E-state index contributed by atoms with van der Waals surface area (Å²) in [4.78, 5) is 4.14. The van der Waals surface area contributed by atoms with Crippen molar-refractivity contribution in [2.24, 2.45) is 10.2 Å². The fourth-order valence-corrected chi connectivity index (χ4v) is 3.45. The van der Waals surface area contributed by atoms with Crippen molar-refractivity contribution in [3.8, 4) is 5.75 Å². The molecule has 0 bridgehead atoms. The maximum absolute atomic E-state index is 6.19. The number of azo groups is 1. The van der Waals surface area contributed by atoms with Crippen LogP contribution in [0.2, 0.25) is 0 Å². The lowest BCUT2D eigenvalue weighted by Gasteiger charge is -2.17. The SMILES string of the molecule is CCc1c(N)c(OBr)c(Br)c(N=Nc2ccccn2)c1CC. The fourth-order valence-electron chi connectivity index (χ4n) is 2.28. The highest BCUT2D eigenvalue weighted by Gasteiger charge is 2.20. The van der Waals surface area contributed by atoms with E-state index in [-0.39, 0.29) is 0 Å². The molecule has 0 amide bonds. The highest BCUT2D eigenvalue weighted by Crippen LogP contribution is 2.46. The van der Waals surface area contributed by atoms with Crippen LogP contribution in [-0.2, 0) is 12.8 Å². The minimum Gasteiger partial charge on any atom is -0.415 e. The highest BCUT2D eigenvalue weighted by atomic mass is 79.9. The number of benzene rings is 1. The Hall–Kier alpha value is -1.47. The molecule has 5 nitrogen and oxygen atoms in total. The maximum Gasteiger partial charge on any atom is 0.179 e. The van der Waals surface area contributed by atoms with Gasteiger partial charge in [-0.1, -0.05) is 19.9 Å². The summed E-state index contributed by atoms with van der Waals surface area (Å²) in [5.41, 5.74) is 9.59. The van der Waals surface area contributed by atoms with Crippen LogP contribution >= 0.6 is 32.2 Å². The van der Waals surface area contributed by atoms with Crippen molar-refractivity contribution in [2.75, 3.05) is 5.73 Å². The summed E-state index contributed by atoms with van der Waals surface area (Å²) in [6, 6.07) is 5.50. The van der Waals surface area contributed by atoms with Crippen LogP contribution in [0.15, 0.2) is 39.1 Å². The highest BCUT2D eigenvalue weighted by molar-refractivity contribution is 9.10. The van der Waals surface area contributed by atoms with Crippen molar-refractivity contribution in [3.05, 3.63) is 40.0 Å². The third kappa shape index (κ3) is 3.30. The molecule has 7 heteroatoms. The van der Waals surface area contributed by atoms with Gasteiger partial charge in [0, 0.05) is 6.20 Å². The Morgan fingerprint density at radius 3 is 2.45 bits per heavy atom. The van der Waals surface area contributed by atoms with Gasteiger partial charge in [0.1, 0.15) is 5.69 Å². The fraction of sp³-hybridized carbons (Fsp3) is 0.267. The van der Waals surface area contributed by atoms with E-state index in [0.717, 1.165) is 24.0 Å². The van der Waals surface area contributed by atoms with E-state index in [0.29, 0.717) is 27.4 Å². The first-order valence-corrected chi connectivity index (χ1v) is 8.32. The first-order chi connectivity index (χ1) is 10.6. The Balaban J connectivity index is 2.61. The van der Waals surface area contributed by atoms with Gasteiger partial charge in [0.2, 0.25) is 0 Å². The van der Waals surface area contributed by atoms with E-state index < -0.39 is 0 Å². The number of nitrogens with zero attached hydrogens (tertiary/aromatic N) is 3. The molecular weight excluding hydrogens is 412 g/mol. The average Bonchev–Trinajstić information content (AvgIpc) is 2.55. The van der Waals surface area contributed by atoms with E-state index in [2.05, 4.69) is 61.2 Å². The van der Waals surface area contributed by atoms with Gasteiger partial charge in [0.15, 0.2) is 27.8 Å². The molecule has 0 saturated carbocycles. The minimum absolute atomic E-state index is 0.518. The van der Waals surface area contributed by atoms with E-state index in [4.69, 9.17) is 9.56 Å². The number of aromatic nitrogens is 1. The van der Waals surface area contributed by atoms with E-state index in [1.807, 2.05) is 12.1 Å². The van der Waals surface area contributed by atoms with Crippen LogP contribution in [-0.4, -0.2) is 4.98 Å². The van der Waals surface area contributed by atoms with E-state index in [1.165, 1.54) is 0 Å². The number of rotatable bonds is 5. The Kier molecular flexibility index (Phi) is 5.90. The van der Waals surface area contributed by atoms with Gasteiger partial charge < -0.3 is 9.56 Å². The molecule has 2 N–H and O–H groups in total. The molecule has 1 heterocycles. The summed E-state index contributed by atoms with van der Waals surface area (Å²) in [5, 5.41) is 8.56. The summed E-state index contributed by atoms with van der Waals surface area (Å²) in [6.45, 7) is 4.12. The number of nitrogen functional groups attached to an aromatic ring is 1. The zero-order valence-corrected chi connectivity index (χ0v) is 15.5. The minimum atomic E-state index is 0.518. The molecule has 2 aromatic rings. The van der Waals surface area contributed by atoms with Crippen molar-refractivity contribution < 1.29 is 3.83 Å². The van der Waals surface area contributed by atoms with Crippen molar-refractivity contribution in [2.45, 2.75) is 26.7 Å².